The van der Waals surface area contributed by atoms with Gasteiger partial charge >= 0.3 is 5.97 Å². The average molecular weight is 299 g/mol. The largest absolute Gasteiger partial charge is 0.506 e. The lowest BCUT2D eigenvalue weighted by atomic mass is 10.2. The second-order valence-corrected chi connectivity index (χ2v) is 5.54. The molecule has 0 aliphatic carbocycles. The number of carbonyl (C=O) groups excluding carboxylic acids is 1. The number of phenols is 1. The van der Waals surface area contributed by atoms with Gasteiger partial charge in [0, 0.05) is 0 Å². The van der Waals surface area contributed by atoms with Gasteiger partial charge in [-0.1, -0.05) is 0 Å². The second kappa shape index (κ2) is 5.00. The van der Waals surface area contributed by atoms with Crippen molar-refractivity contribution in [1.82, 2.24) is 0 Å². The number of esters is 1. The van der Waals surface area contributed by atoms with Crippen molar-refractivity contribution >= 4 is 33.2 Å². The number of benzene rings is 1. The smallest absolute Gasteiger partial charge is 0.313 e. The highest BCUT2D eigenvalue weighted by Gasteiger charge is 2.29. The number of rotatable bonds is 3. The van der Waals surface area contributed by atoms with Gasteiger partial charge < -0.3 is 20.9 Å². The Morgan fingerprint density at radius 2 is 2.20 bits per heavy atom. The maximum Gasteiger partial charge on any atom is 0.313 e. The molecule has 9 heteroatoms. The van der Waals surface area contributed by atoms with E-state index in [-0.39, 0.29) is 40.9 Å². The maximum atomic E-state index is 12.0. The summed E-state index contributed by atoms with van der Waals surface area (Å²) < 4.78 is 32.2. The Morgan fingerprint density at radius 1 is 1.50 bits per heavy atom. The molecule has 1 aliphatic rings. The Morgan fingerprint density at radius 3 is 2.85 bits per heavy atom. The number of sulfonamides is 1. The Kier molecular flexibility index (Phi) is 3.53. The lowest BCUT2D eigenvalue weighted by molar-refractivity contribution is -0.141. The number of nitrogen functional groups attached to an aromatic ring is 1. The minimum absolute atomic E-state index is 0.0546. The van der Waals surface area contributed by atoms with Gasteiger partial charge in [0.1, 0.15) is 22.9 Å². The minimum atomic E-state index is -4.07. The monoisotopic (exact) mass is 299 g/mol. The number of nitrogens with two attached hydrogens (primary N) is 1. The van der Waals surface area contributed by atoms with Crippen molar-refractivity contribution in [1.29, 1.82) is 0 Å². The van der Waals surface area contributed by atoms with Gasteiger partial charge in [-0.05, 0) is 19.1 Å². The van der Waals surface area contributed by atoms with E-state index < -0.39 is 16.0 Å². The molecule has 0 radical (unpaired) electrons. The van der Waals surface area contributed by atoms with Crippen molar-refractivity contribution in [3.8, 4) is 5.75 Å². The number of hydrogen-bond acceptors (Lipinski definition) is 7. The van der Waals surface area contributed by atoms with Gasteiger partial charge in [0.25, 0.3) is 10.0 Å². The molecule has 0 atom stereocenters. The summed E-state index contributed by atoms with van der Waals surface area (Å²) in [6, 6.07) is 2.60. The third-order valence-electron chi connectivity index (χ3n) is 2.56. The van der Waals surface area contributed by atoms with E-state index in [0.717, 1.165) is 0 Å². The number of hydrogen-bond donors (Lipinski definition) is 3. The van der Waals surface area contributed by atoms with Crippen molar-refractivity contribution in [2.75, 3.05) is 17.7 Å². The maximum absolute atomic E-state index is 12.0. The van der Waals surface area contributed by atoms with Gasteiger partial charge in [0.05, 0.1) is 18.0 Å². The van der Waals surface area contributed by atoms with Gasteiger partial charge in [-0.25, -0.2) is 0 Å². The highest BCUT2D eigenvalue weighted by Crippen LogP contribution is 2.37. The molecule has 0 saturated carbocycles. The molecular formula is C11H13N3O5S. The van der Waals surface area contributed by atoms with E-state index in [4.69, 9.17) is 10.5 Å². The van der Waals surface area contributed by atoms with Crippen LogP contribution in [0.4, 0.5) is 11.4 Å². The standard InChI is InChI=1S/C11H13N3O5S/c1-2-19-9(16)5-8-13-6-3-4-7(15)10(12)11(6)20(17,18)14-8/h3-4,15H,2,5,12H2,1H3,(H,13,14). The van der Waals surface area contributed by atoms with Crippen molar-refractivity contribution in [3.63, 3.8) is 0 Å². The summed E-state index contributed by atoms with van der Waals surface area (Å²) in [5, 5.41) is 12.1. The Labute approximate surface area is 115 Å². The fraction of sp³-hybridized carbons (Fsp3) is 0.273. The van der Waals surface area contributed by atoms with Gasteiger partial charge in [-0.15, -0.1) is 4.40 Å². The van der Waals surface area contributed by atoms with Gasteiger partial charge in [0.15, 0.2) is 0 Å². The molecule has 108 valence electrons. The summed E-state index contributed by atoms with van der Waals surface area (Å²) in [7, 11) is -4.07. The summed E-state index contributed by atoms with van der Waals surface area (Å²) in [5.41, 5.74) is 5.42. The van der Waals surface area contributed by atoms with Crippen LogP contribution in [0.15, 0.2) is 21.4 Å². The third-order valence-corrected chi connectivity index (χ3v) is 3.97. The van der Waals surface area contributed by atoms with Crippen molar-refractivity contribution in [2.24, 2.45) is 4.40 Å². The molecule has 0 saturated heterocycles. The molecule has 0 aromatic heterocycles. The molecule has 1 aliphatic heterocycles. The van der Waals surface area contributed by atoms with Crippen LogP contribution >= 0.6 is 0 Å². The Balaban J connectivity index is 2.40. The fourth-order valence-corrected chi connectivity index (χ4v) is 3.03. The van der Waals surface area contributed by atoms with Crippen LogP contribution in [0.2, 0.25) is 0 Å². The number of phenolic OH excluding ortho intramolecular Hbond substituents is 1. The summed E-state index contributed by atoms with van der Waals surface area (Å²) in [5.74, 6) is -0.997. The minimum Gasteiger partial charge on any atom is -0.506 e. The fourth-order valence-electron chi connectivity index (χ4n) is 1.76. The van der Waals surface area contributed by atoms with Crippen molar-refractivity contribution in [2.45, 2.75) is 18.2 Å². The van der Waals surface area contributed by atoms with Crippen LogP contribution in [0.25, 0.3) is 0 Å². The molecule has 1 aromatic carbocycles. The number of aromatic hydroxyl groups is 1. The number of anilines is 2. The SMILES string of the molecule is CCOC(=O)CC1=NS(=O)(=O)c2c(ccc(O)c2N)N1. The van der Waals surface area contributed by atoms with Gasteiger partial charge in [-0.2, -0.15) is 8.42 Å². The molecule has 0 unspecified atom stereocenters. The van der Waals surface area contributed by atoms with Crippen LogP contribution in [0, 0.1) is 0 Å². The molecule has 20 heavy (non-hydrogen) atoms. The van der Waals surface area contributed by atoms with Crippen LogP contribution in [-0.2, 0) is 19.6 Å². The highest BCUT2D eigenvalue weighted by molar-refractivity contribution is 7.90. The quantitative estimate of drug-likeness (QED) is 0.319. The molecule has 0 bridgehead atoms. The predicted molar refractivity (Wildman–Crippen MR) is 72.0 cm³/mol. The topological polar surface area (TPSA) is 131 Å². The van der Waals surface area contributed by atoms with E-state index in [1.165, 1.54) is 12.1 Å². The van der Waals surface area contributed by atoms with Crippen molar-refractivity contribution in [3.05, 3.63) is 12.1 Å². The second-order valence-electron chi connectivity index (χ2n) is 3.99. The average Bonchev–Trinajstić information content (AvgIpc) is 2.32. The lowest BCUT2D eigenvalue weighted by Crippen LogP contribution is -2.25. The predicted octanol–water partition coefficient (Wildman–Crippen LogP) is 0.440. The summed E-state index contributed by atoms with van der Waals surface area (Å²) >= 11 is 0. The first-order valence-corrected chi connectivity index (χ1v) is 7.17. The highest BCUT2D eigenvalue weighted by atomic mass is 32.2. The van der Waals surface area contributed by atoms with E-state index in [2.05, 4.69) is 9.71 Å². The number of ether oxygens (including phenoxy) is 1. The number of carbonyl (C=O) groups is 1. The Bertz CT molecular complexity index is 696. The van der Waals surface area contributed by atoms with Crippen molar-refractivity contribution < 1.29 is 23.1 Å². The van der Waals surface area contributed by atoms with E-state index in [9.17, 15) is 18.3 Å². The zero-order valence-electron chi connectivity index (χ0n) is 10.6. The van der Waals surface area contributed by atoms with E-state index in [1.54, 1.807) is 6.92 Å². The van der Waals surface area contributed by atoms with Crippen LogP contribution in [-0.4, -0.2) is 31.9 Å². The number of nitrogens with zero attached hydrogens (tertiary/aromatic N) is 1. The summed E-state index contributed by atoms with van der Waals surface area (Å²) in [4.78, 5) is 11.1. The first-order valence-electron chi connectivity index (χ1n) is 5.73. The summed E-state index contributed by atoms with van der Waals surface area (Å²) in [6.07, 6.45) is -0.298. The van der Waals surface area contributed by atoms with Crippen LogP contribution < -0.4 is 11.1 Å². The molecular weight excluding hydrogens is 286 g/mol. The summed E-state index contributed by atoms with van der Waals surface area (Å²) in [6.45, 7) is 1.83. The lowest BCUT2D eigenvalue weighted by Gasteiger charge is -2.19. The van der Waals surface area contributed by atoms with Gasteiger partial charge in [-0.3, -0.25) is 4.79 Å². The number of amidine groups is 1. The molecule has 2 rings (SSSR count). The number of nitrogens with one attached hydrogen (secondary N) is 1. The van der Waals surface area contributed by atoms with Crippen LogP contribution in [0.3, 0.4) is 0 Å². The molecule has 0 spiro atoms. The van der Waals surface area contributed by atoms with E-state index >= 15 is 0 Å². The molecule has 8 nitrogen and oxygen atoms in total. The first-order chi connectivity index (χ1) is 9.35. The third kappa shape index (κ3) is 2.52. The zero-order chi connectivity index (χ0) is 14.9. The van der Waals surface area contributed by atoms with Gasteiger partial charge in [0.2, 0.25) is 0 Å². The van der Waals surface area contributed by atoms with E-state index in [1.807, 2.05) is 0 Å². The van der Waals surface area contributed by atoms with Crippen LogP contribution in [0.1, 0.15) is 13.3 Å². The molecule has 1 heterocycles. The normalized spacial score (nSPS) is 15.8. The first kappa shape index (κ1) is 14.1. The van der Waals surface area contributed by atoms with Crippen LogP contribution in [0.5, 0.6) is 5.75 Å². The molecule has 4 N–H and O–H groups in total. The molecule has 1 aromatic rings. The Hall–Kier alpha value is -2.29. The molecule has 0 amide bonds. The zero-order valence-corrected chi connectivity index (χ0v) is 11.4. The number of fused-ring (bicyclic) bond motifs is 1. The molecule has 0 fully saturated rings. The van der Waals surface area contributed by atoms with E-state index in [0.29, 0.717) is 0 Å².